The van der Waals surface area contributed by atoms with Gasteiger partial charge in [0.1, 0.15) is 17.1 Å². The number of nitrogens with one attached hydrogen (secondary N) is 1. The van der Waals surface area contributed by atoms with Gasteiger partial charge in [-0.15, -0.1) is 0 Å². The summed E-state index contributed by atoms with van der Waals surface area (Å²) in [5.74, 6) is 0.903. The van der Waals surface area contributed by atoms with Crippen LogP contribution in [-0.2, 0) is 13.6 Å². The van der Waals surface area contributed by atoms with Crippen LogP contribution in [0.15, 0.2) is 30.5 Å². The maximum Gasteiger partial charge on any atom is 0.256 e. The van der Waals surface area contributed by atoms with E-state index in [0.717, 1.165) is 11.3 Å². The van der Waals surface area contributed by atoms with Crippen LogP contribution in [0.4, 0.5) is 5.82 Å². The number of aryl methyl sites for hydroxylation is 1. The highest BCUT2D eigenvalue weighted by atomic mass is 16.5. The molecule has 0 spiro atoms. The Morgan fingerprint density at radius 2 is 2.11 bits per heavy atom. The van der Waals surface area contributed by atoms with Crippen molar-refractivity contribution in [3.05, 3.63) is 41.6 Å². The first-order chi connectivity index (χ1) is 9.11. The number of methoxy groups -OCH3 is 1. The van der Waals surface area contributed by atoms with Crippen LogP contribution in [-0.4, -0.2) is 22.8 Å². The average molecular weight is 260 g/mol. The topological polar surface area (TPSA) is 82.2 Å². The highest BCUT2D eigenvalue weighted by Gasteiger charge is 2.12. The SMILES string of the molecule is COc1ccc(CNC(=O)c2cnn(C)c2N)cc1. The van der Waals surface area contributed by atoms with E-state index in [1.165, 1.54) is 10.9 Å². The van der Waals surface area contributed by atoms with Gasteiger partial charge in [0.15, 0.2) is 0 Å². The molecule has 100 valence electrons. The lowest BCUT2D eigenvalue weighted by molar-refractivity contribution is 0.0952. The van der Waals surface area contributed by atoms with Crippen LogP contribution in [0.3, 0.4) is 0 Å². The van der Waals surface area contributed by atoms with E-state index in [2.05, 4.69) is 10.4 Å². The van der Waals surface area contributed by atoms with Gasteiger partial charge in [0.25, 0.3) is 5.91 Å². The summed E-state index contributed by atoms with van der Waals surface area (Å²) in [7, 11) is 3.30. The van der Waals surface area contributed by atoms with Crippen molar-refractivity contribution in [2.45, 2.75) is 6.54 Å². The number of anilines is 1. The Morgan fingerprint density at radius 3 is 2.63 bits per heavy atom. The summed E-state index contributed by atoms with van der Waals surface area (Å²) in [5, 5.41) is 6.72. The Bertz CT molecular complexity index is 575. The minimum Gasteiger partial charge on any atom is -0.497 e. The molecule has 0 bridgehead atoms. The lowest BCUT2D eigenvalue weighted by Crippen LogP contribution is -2.23. The van der Waals surface area contributed by atoms with Gasteiger partial charge in [0.05, 0.1) is 13.3 Å². The maximum atomic E-state index is 11.9. The van der Waals surface area contributed by atoms with Crippen LogP contribution in [0, 0.1) is 0 Å². The molecule has 0 unspecified atom stereocenters. The Hall–Kier alpha value is -2.50. The first kappa shape index (κ1) is 12.9. The molecular weight excluding hydrogens is 244 g/mol. The van der Waals surface area contributed by atoms with Crippen molar-refractivity contribution in [1.29, 1.82) is 0 Å². The Balaban J connectivity index is 1.98. The number of benzene rings is 1. The Morgan fingerprint density at radius 1 is 1.42 bits per heavy atom. The van der Waals surface area contributed by atoms with E-state index in [0.29, 0.717) is 17.9 Å². The predicted molar refractivity (Wildman–Crippen MR) is 71.8 cm³/mol. The van der Waals surface area contributed by atoms with E-state index in [1.54, 1.807) is 14.2 Å². The van der Waals surface area contributed by atoms with Crippen molar-refractivity contribution in [3.8, 4) is 5.75 Å². The van der Waals surface area contributed by atoms with Crippen molar-refractivity contribution in [2.75, 3.05) is 12.8 Å². The second-order valence-electron chi connectivity index (χ2n) is 4.10. The maximum absolute atomic E-state index is 11.9. The molecule has 0 radical (unpaired) electrons. The van der Waals surface area contributed by atoms with Crippen LogP contribution in [0.1, 0.15) is 15.9 Å². The number of hydrogen-bond acceptors (Lipinski definition) is 4. The summed E-state index contributed by atoms with van der Waals surface area (Å²) in [6, 6.07) is 7.48. The lowest BCUT2D eigenvalue weighted by Gasteiger charge is -2.06. The fourth-order valence-electron chi connectivity index (χ4n) is 1.64. The normalized spacial score (nSPS) is 10.2. The zero-order valence-electron chi connectivity index (χ0n) is 10.9. The first-order valence-electron chi connectivity index (χ1n) is 5.80. The average Bonchev–Trinajstić information content (AvgIpc) is 2.77. The van der Waals surface area contributed by atoms with Gasteiger partial charge in [-0.2, -0.15) is 5.10 Å². The van der Waals surface area contributed by atoms with Gasteiger partial charge in [-0.1, -0.05) is 12.1 Å². The number of hydrogen-bond donors (Lipinski definition) is 2. The molecule has 0 atom stereocenters. The number of aromatic nitrogens is 2. The van der Waals surface area contributed by atoms with E-state index in [9.17, 15) is 4.79 Å². The summed E-state index contributed by atoms with van der Waals surface area (Å²) in [4.78, 5) is 11.9. The number of nitrogens with zero attached hydrogens (tertiary/aromatic N) is 2. The molecule has 0 aliphatic carbocycles. The van der Waals surface area contributed by atoms with E-state index < -0.39 is 0 Å². The number of amides is 1. The standard InChI is InChI=1S/C13H16N4O2/c1-17-12(14)11(8-16-17)13(18)15-7-9-3-5-10(19-2)6-4-9/h3-6,8H,7,14H2,1-2H3,(H,15,18). The molecule has 6 heteroatoms. The van der Waals surface area contributed by atoms with Gasteiger partial charge in [-0.3, -0.25) is 9.48 Å². The van der Waals surface area contributed by atoms with Crippen molar-refractivity contribution in [3.63, 3.8) is 0 Å². The lowest BCUT2D eigenvalue weighted by atomic mass is 10.2. The summed E-state index contributed by atoms with van der Waals surface area (Å²) in [6.45, 7) is 0.428. The van der Waals surface area contributed by atoms with Gasteiger partial charge < -0.3 is 15.8 Å². The molecule has 1 aromatic heterocycles. The number of carbonyl (C=O) groups excluding carboxylic acids is 1. The predicted octanol–water partition coefficient (Wildman–Crippen LogP) is 0.941. The van der Waals surface area contributed by atoms with Crippen molar-refractivity contribution in [2.24, 2.45) is 7.05 Å². The van der Waals surface area contributed by atoms with Gasteiger partial charge >= 0.3 is 0 Å². The molecule has 1 heterocycles. The monoisotopic (exact) mass is 260 g/mol. The molecule has 1 amide bonds. The molecule has 2 rings (SSSR count). The molecule has 0 aliphatic rings. The summed E-state index contributed by atoms with van der Waals surface area (Å²) in [6.07, 6.45) is 1.46. The van der Waals surface area contributed by atoms with E-state index in [4.69, 9.17) is 10.5 Å². The second-order valence-corrected chi connectivity index (χ2v) is 4.10. The minimum atomic E-state index is -0.235. The van der Waals surface area contributed by atoms with Gasteiger partial charge in [-0.05, 0) is 17.7 Å². The minimum absolute atomic E-state index is 0.235. The largest absolute Gasteiger partial charge is 0.497 e. The van der Waals surface area contributed by atoms with Gasteiger partial charge in [0, 0.05) is 13.6 Å². The molecular formula is C13H16N4O2. The zero-order chi connectivity index (χ0) is 13.8. The number of ether oxygens (including phenoxy) is 1. The van der Waals surface area contributed by atoms with Crippen LogP contribution in [0.25, 0.3) is 0 Å². The van der Waals surface area contributed by atoms with E-state index >= 15 is 0 Å². The fraction of sp³-hybridized carbons (Fsp3) is 0.231. The van der Waals surface area contributed by atoms with Crippen molar-refractivity contribution in [1.82, 2.24) is 15.1 Å². The molecule has 0 fully saturated rings. The third kappa shape index (κ3) is 2.85. The summed E-state index contributed by atoms with van der Waals surface area (Å²) >= 11 is 0. The molecule has 1 aromatic carbocycles. The van der Waals surface area contributed by atoms with Crippen LogP contribution in [0.5, 0.6) is 5.75 Å². The summed E-state index contributed by atoms with van der Waals surface area (Å²) < 4.78 is 6.53. The van der Waals surface area contributed by atoms with Crippen LogP contribution < -0.4 is 15.8 Å². The van der Waals surface area contributed by atoms with Gasteiger partial charge in [0.2, 0.25) is 0 Å². The number of rotatable bonds is 4. The van der Waals surface area contributed by atoms with Crippen molar-refractivity contribution < 1.29 is 9.53 Å². The highest BCUT2D eigenvalue weighted by molar-refractivity contribution is 5.98. The smallest absolute Gasteiger partial charge is 0.256 e. The third-order valence-corrected chi connectivity index (χ3v) is 2.84. The summed E-state index contributed by atoms with van der Waals surface area (Å²) in [5.41, 5.74) is 7.10. The molecule has 3 N–H and O–H groups in total. The number of nitrogen functional groups attached to an aromatic ring is 1. The van der Waals surface area contributed by atoms with Crippen LogP contribution >= 0.6 is 0 Å². The second kappa shape index (κ2) is 5.43. The van der Waals surface area contributed by atoms with E-state index in [1.807, 2.05) is 24.3 Å². The van der Waals surface area contributed by atoms with Crippen molar-refractivity contribution >= 4 is 11.7 Å². The van der Waals surface area contributed by atoms with Gasteiger partial charge in [-0.25, -0.2) is 0 Å². The molecule has 6 nitrogen and oxygen atoms in total. The third-order valence-electron chi connectivity index (χ3n) is 2.84. The van der Waals surface area contributed by atoms with Crippen LogP contribution in [0.2, 0.25) is 0 Å². The number of nitrogens with two attached hydrogens (primary N) is 1. The molecule has 19 heavy (non-hydrogen) atoms. The number of carbonyl (C=O) groups is 1. The molecule has 0 saturated heterocycles. The molecule has 0 aliphatic heterocycles. The molecule has 2 aromatic rings. The zero-order valence-corrected chi connectivity index (χ0v) is 10.9. The fourth-order valence-corrected chi connectivity index (χ4v) is 1.64. The Labute approximate surface area is 111 Å². The highest BCUT2D eigenvalue weighted by Crippen LogP contribution is 2.12. The quantitative estimate of drug-likeness (QED) is 0.857. The first-order valence-corrected chi connectivity index (χ1v) is 5.80. The molecule has 0 saturated carbocycles. The van der Waals surface area contributed by atoms with E-state index in [-0.39, 0.29) is 5.91 Å². The Kier molecular flexibility index (Phi) is 3.70.